The minimum absolute atomic E-state index is 0.336. The predicted octanol–water partition coefficient (Wildman–Crippen LogP) is 3.22. The molecule has 3 heteroatoms. The van der Waals surface area contributed by atoms with Crippen LogP contribution < -0.4 is 5.32 Å². The van der Waals surface area contributed by atoms with Gasteiger partial charge in [-0.15, -0.1) is 0 Å². The van der Waals surface area contributed by atoms with E-state index in [2.05, 4.69) is 48.4 Å². The van der Waals surface area contributed by atoms with Gasteiger partial charge in [-0.2, -0.15) is 0 Å². The van der Waals surface area contributed by atoms with Crippen LogP contribution in [0.15, 0.2) is 35.3 Å². The van der Waals surface area contributed by atoms with Crippen LogP contribution in [0.1, 0.15) is 31.9 Å². The van der Waals surface area contributed by atoms with Crippen LogP contribution in [0.25, 0.3) is 0 Å². The van der Waals surface area contributed by atoms with E-state index in [-0.39, 0.29) is 0 Å². The summed E-state index contributed by atoms with van der Waals surface area (Å²) in [5.74, 6) is 1.13. The first-order chi connectivity index (χ1) is 7.79. The molecule has 0 aromatic heterocycles. The van der Waals surface area contributed by atoms with Gasteiger partial charge in [0, 0.05) is 5.75 Å². The largest absolute Gasteiger partial charge is 0.358 e. The Labute approximate surface area is 102 Å². The van der Waals surface area contributed by atoms with Crippen LogP contribution in [-0.4, -0.2) is 17.0 Å². The fourth-order valence-electron chi connectivity index (χ4n) is 1.71. The minimum atomic E-state index is 0.336. The fraction of sp³-hybridized carbons (Fsp3) is 0.462. The molecule has 16 heavy (non-hydrogen) atoms. The third-order valence-corrected chi connectivity index (χ3v) is 3.87. The number of nitrogens with zero attached hydrogens (tertiary/aromatic N) is 1. The molecule has 0 bridgehead atoms. The van der Waals surface area contributed by atoms with Crippen LogP contribution in [0, 0.1) is 0 Å². The Hall–Kier alpha value is -0.960. The van der Waals surface area contributed by atoms with E-state index in [1.54, 1.807) is 0 Å². The molecule has 0 amide bonds. The summed E-state index contributed by atoms with van der Waals surface area (Å²) in [5.41, 5.74) is 1.31. The molecule has 0 aliphatic carbocycles. The minimum Gasteiger partial charge on any atom is -0.358 e. The third kappa shape index (κ3) is 2.79. The SMILES string of the molecule is CCC1CSC(NC(C)c2ccccc2)=N1. The van der Waals surface area contributed by atoms with E-state index in [1.807, 2.05) is 17.8 Å². The van der Waals surface area contributed by atoms with E-state index >= 15 is 0 Å². The molecule has 1 aromatic rings. The topological polar surface area (TPSA) is 24.4 Å². The van der Waals surface area contributed by atoms with E-state index in [9.17, 15) is 0 Å². The Balaban J connectivity index is 1.96. The Morgan fingerprint density at radius 1 is 1.44 bits per heavy atom. The van der Waals surface area contributed by atoms with Gasteiger partial charge in [0.1, 0.15) is 0 Å². The number of hydrogen-bond acceptors (Lipinski definition) is 3. The van der Waals surface area contributed by atoms with Crippen molar-refractivity contribution >= 4 is 16.9 Å². The van der Waals surface area contributed by atoms with E-state index in [1.165, 1.54) is 5.56 Å². The van der Waals surface area contributed by atoms with Crippen LogP contribution in [0.4, 0.5) is 0 Å². The number of hydrogen-bond donors (Lipinski definition) is 1. The van der Waals surface area contributed by atoms with Crippen LogP contribution in [0.2, 0.25) is 0 Å². The highest BCUT2D eigenvalue weighted by Crippen LogP contribution is 2.21. The number of aliphatic imine (C=N–C) groups is 1. The van der Waals surface area contributed by atoms with E-state index in [0.29, 0.717) is 12.1 Å². The highest BCUT2D eigenvalue weighted by molar-refractivity contribution is 8.14. The summed E-state index contributed by atoms with van der Waals surface area (Å²) in [6, 6.07) is 11.3. The number of benzene rings is 1. The molecule has 2 atom stereocenters. The zero-order chi connectivity index (χ0) is 11.4. The molecule has 1 N–H and O–H groups in total. The molecule has 1 aromatic carbocycles. The van der Waals surface area contributed by atoms with Gasteiger partial charge in [-0.3, -0.25) is 4.99 Å². The van der Waals surface area contributed by atoms with Crippen LogP contribution in [0.5, 0.6) is 0 Å². The smallest absolute Gasteiger partial charge is 0.157 e. The second kappa shape index (κ2) is 5.39. The molecule has 0 saturated heterocycles. The van der Waals surface area contributed by atoms with Gasteiger partial charge in [0.2, 0.25) is 0 Å². The summed E-state index contributed by atoms with van der Waals surface area (Å²) >= 11 is 1.84. The van der Waals surface area contributed by atoms with Crippen molar-refractivity contribution in [2.75, 3.05) is 5.75 Å². The molecule has 2 nitrogen and oxygen atoms in total. The number of amidine groups is 1. The molecule has 1 aliphatic rings. The maximum absolute atomic E-state index is 4.64. The lowest BCUT2D eigenvalue weighted by Gasteiger charge is -2.14. The van der Waals surface area contributed by atoms with Crippen molar-refractivity contribution < 1.29 is 0 Å². The molecule has 2 rings (SSSR count). The first kappa shape index (κ1) is 11.5. The Morgan fingerprint density at radius 3 is 2.81 bits per heavy atom. The van der Waals surface area contributed by atoms with Crippen LogP contribution >= 0.6 is 11.8 Å². The Kier molecular flexibility index (Phi) is 3.88. The molecular formula is C13H18N2S. The zero-order valence-electron chi connectivity index (χ0n) is 9.81. The number of thioether (sulfide) groups is 1. The summed E-state index contributed by atoms with van der Waals surface area (Å²) in [6.45, 7) is 4.37. The molecule has 0 fully saturated rings. The summed E-state index contributed by atoms with van der Waals surface area (Å²) in [6.07, 6.45) is 1.14. The summed E-state index contributed by atoms with van der Waals surface area (Å²) in [7, 11) is 0. The van der Waals surface area contributed by atoms with E-state index < -0.39 is 0 Å². The van der Waals surface area contributed by atoms with Gasteiger partial charge in [0.25, 0.3) is 0 Å². The maximum Gasteiger partial charge on any atom is 0.157 e. The van der Waals surface area contributed by atoms with Crippen LogP contribution in [0.3, 0.4) is 0 Å². The molecule has 2 unspecified atom stereocenters. The van der Waals surface area contributed by atoms with Gasteiger partial charge in [0.15, 0.2) is 5.17 Å². The van der Waals surface area contributed by atoms with Crippen molar-refractivity contribution in [3.63, 3.8) is 0 Å². The second-order valence-corrected chi connectivity index (χ2v) is 5.09. The lowest BCUT2D eigenvalue weighted by atomic mass is 10.1. The van der Waals surface area contributed by atoms with Gasteiger partial charge < -0.3 is 5.32 Å². The highest BCUT2D eigenvalue weighted by atomic mass is 32.2. The van der Waals surface area contributed by atoms with Gasteiger partial charge in [-0.1, -0.05) is 49.0 Å². The van der Waals surface area contributed by atoms with Gasteiger partial charge >= 0.3 is 0 Å². The molecule has 1 aliphatic heterocycles. The van der Waals surface area contributed by atoms with Gasteiger partial charge in [-0.05, 0) is 18.9 Å². The lowest BCUT2D eigenvalue weighted by molar-refractivity contribution is 0.702. The van der Waals surface area contributed by atoms with Crippen molar-refractivity contribution in [3.05, 3.63) is 35.9 Å². The molecule has 0 radical (unpaired) electrons. The lowest BCUT2D eigenvalue weighted by Crippen LogP contribution is -2.22. The summed E-state index contributed by atoms with van der Waals surface area (Å²) in [5, 5.41) is 4.57. The monoisotopic (exact) mass is 234 g/mol. The first-order valence-corrected chi connectivity index (χ1v) is 6.80. The van der Waals surface area contributed by atoms with E-state index in [0.717, 1.165) is 17.3 Å². The fourth-order valence-corrected chi connectivity index (χ4v) is 2.86. The average molecular weight is 234 g/mol. The van der Waals surface area contributed by atoms with Crippen molar-refractivity contribution in [2.24, 2.45) is 4.99 Å². The highest BCUT2D eigenvalue weighted by Gasteiger charge is 2.17. The predicted molar refractivity (Wildman–Crippen MR) is 72.0 cm³/mol. The van der Waals surface area contributed by atoms with Gasteiger partial charge in [-0.25, -0.2) is 0 Å². The normalized spacial score (nSPS) is 21.6. The second-order valence-electron chi connectivity index (χ2n) is 4.08. The van der Waals surface area contributed by atoms with Crippen LogP contribution in [-0.2, 0) is 0 Å². The first-order valence-electron chi connectivity index (χ1n) is 5.81. The Bertz CT molecular complexity index is 361. The summed E-state index contributed by atoms with van der Waals surface area (Å²) < 4.78 is 0. The van der Waals surface area contributed by atoms with Gasteiger partial charge in [0.05, 0.1) is 12.1 Å². The molecule has 86 valence electrons. The standard InChI is InChI=1S/C13H18N2S/c1-3-12-9-16-13(15-12)14-10(2)11-7-5-4-6-8-11/h4-8,10,12H,3,9H2,1-2H3,(H,14,15). The zero-order valence-corrected chi connectivity index (χ0v) is 10.6. The van der Waals surface area contributed by atoms with Crippen molar-refractivity contribution in [1.29, 1.82) is 0 Å². The van der Waals surface area contributed by atoms with Crippen molar-refractivity contribution in [1.82, 2.24) is 5.32 Å². The van der Waals surface area contributed by atoms with E-state index in [4.69, 9.17) is 0 Å². The number of nitrogens with one attached hydrogen (secondary N) is 1. The molecule has 0 spiro atoms. The third-order valence-electron chi connectivity index (χ3n) is 2.82. The molecule has 1 heterocycles. The molecular weight excluding hydrogens is 216 g/mol. The van der Waals surface area contributed by atoms with Crippen molar-refractivity contribution in [2.45, 2.75) is 32.4 Å². The average Bonchev–Trinajstić information content (AvgIpc) is 2.78. The maximum atomic E-state index is 4.64. The Morgan fingerprint density at radius 2 is 2.19 bits per heavy atom. The quantitative estimate of drug-likeness (QED) is 0.868. The summed E-state index contributed by atoms with van der Waals surface area (Å²) in [4.78, 5) is 4.64. The number of rotatable bonds is 3. The van der Waals surface area contributed by atoms with Crippen molar-refractivity contribution in [3.8, 4) is 0 Å². The molecule has 0 saturated carbocycles.